The van der Waals surface area contributed by atoms with Crippen LogP contribution in [0.3, 0.4) is 0 Å². The SMILES string of the molecule is N#C/C(=C\c1c(OCc2cccc(F)c2)ccc2ccccc12)C(=O)Nc1cccc([N+](=O)[O-])c1. The van der Waals surface area contributed by atoms with E-state index in [1.54, 1.807) is 18.2 Å². The van der Waals surface area contributed by atoms with Gasteiger partial charge in [0.05, 0.1) is 4.92 Å². The van der Waals surface area contributed by atoms with Gasteiger partial charge < -0.3 is 10.1 Å². The summed E-state index contributed by atoms with van der Waals surface area (Å²) in [5.41, 5.74) is 0.906. The zero-order valence-corrected chi connectivity index (χ0v) is 18.3. The van der Waals surface area contributed by atoms with Crippen molar-refractivity contribution in [1.29, 1.82) is 5.26 Å². The van der Waals surface area contributed by atoms with Gasteiger partial charge in [0.15, 0.2) is 0 Å². The summed E-state index contributed by atoms with van der Waals surface area (Å²) in [7, 11) is 0. The standard InChI is InChI=1S/C27H18FN3O4/c28-21-7-3-5-18(13-21)17-35-26-12-11-19-6-1-2-10-24(19)25(26)14-20(16-29)27(32)30-22-8-4-9-23(15-22)31(33)34/h1-15H,17H2,(H,30,32)/b20-14+. The Labute approximate surface area is 199 Å². The number of hydrogen-bond acceptors (Lipinski definition) is 5. The highest BCUT2D eigenvalue weighted by atomic mass is 19.1. The quantitative estimate of drug-likeness (QED) is 0.155. The third kappa shape index (κ3) is 5.49. The van der Waals surface area contributed by atoms with Crippen LogP contribution in [0.1, 0.15) is 11.1 Å². The molecule has 0 aromatic heterocycles. The fourth-order valence-corrected chi connectivity index (χ4v) is 3.53. The molecule has 0 spiro atoms. The topological polar surface area (TPSA) is 105 Å². The van der Waals surface area contributed by atoms with Crippen molar-refractivity contribution in [3.05, 3.63) is 118 Å². The molecule has 4 rings (SSSR count). The largest absolute Gasteiger partial charge is 0.488 e. The first-order valence-corrected chi connectivity index (χ1v) is 10.5. The molecule has 0 saturated heterocycles. The van der Waals surface area contributed by atoms with Crippen LogP contribution < -0.4 is 10.1 Å². The zero-order chi connectivity index (χ0) is 24.8. The maximum atomic E-state index is 13.6. The van der Waals surface area contributed by atoms with E-state index in [0.29, 0.717) is 16.9 Å². The maximum absolute atomic E-state index is 13.6. The van der Waals surface area contributed by atoms with Crippen molar-refractivity contribution in [2.75, 3.05) is 5.32 Å². The Morgan fingerprint density at radius 3 is 2.63 bits per heavy atom. The number of nitrogens with one attached hydrogen (secondary N) is 1. The number of fused-ring (bicyclic) bond motifs is 1. The van der Waals surface area contributed by atoms with Crippen molar-refractivity contribution in [2.45, 2.75) is 6.61 Å². The molecule has 0 bridgehead atoms. The van der Waals surface area contributed by atoms with Crippen LogP contribution in [0.5, 0.6) is 5.75 Å². The number of benzene rings is 4. The van der Waals surface area contributed by atoms with Crippen molar-refractivity contribution in [1.82, 2.24) is 0 Å². The lowest BCUT2D eigenvalue weighted by Gasteiger charge is -2.13. The van der Waals surface area contributed by atoms with Gasteiger partial charge in [0.1, 0.15) is 29.8 Å². The molecule has 0 unspecified atom stereocenters. The minimum Gasteiger partial charge on any atom is -0.488 e. The summed E-state index contributed by atoms with van der Waals surface area (Å²) in [6.07, 6.45) is 1.41. The maximum Gasteiger partial charge on any atom is 0.271 e. The average Bonchev–Trinajstić information content (AvgIpc) is 2.86. The fraction of sp³-hybridized carbons (Fsp3) is 0.0370. The second kappa shape index (κ2) is 10.3. The molecule has 0 fully saturated rings. The molecular weight excluding hydrogens is 449 g/mol. The van der Waals surface area contributed by atoms with Crippen molar-refractivity contribution in [2.24, 2.45) is 0 Å². The van der Waals surface area contributed by atoms with Crippen LogP contribution in [0.15, 0.2) is 90.5 Å². The summed E-state index contributed by atoms with van der Waals surface area (Å²) < 4.78 is 19.5. The van der Waals surface area contributed by atoms with Gasteiger partial charge in [0, 0.05) is 23.4 Å². The Bertz CT molecular complexity index is 1510. The summed E-state index contributed by atoms with van der Waals surface area (Å²) in [6, 6.07) is 24.3. The number of halogens is 1. The Morgan fingerprint density at radius 2 is 1.86 bits per heavy atom. The number of nitro benzene ring substituents is 1. The average molecular weight is 467 g/mol. The molecule has 0 aliphatic heterocycles. The van der Waals surface area contributed by atoms with Gasteiger partial charge in [-0.1, -0.05) is 48.5 Å². The first kappa shape index (κ1) is 23.1. The van der Waals surface area contributed by atoms with Gasteiger partial charge in [-0.3, -0.25) is 14.9 Å². The number of rotatable bonds is 7. The Hall–Kier alpha value is -5.03. The monoisotopic (exact) mass is 467 g/mol. The Morgan fingerprint density at radius 1 is 1.06 bits per heavy atom. The molecule has 7 nitrogen and oxygen atoms in total. The highest BCUT2D eigenvalue weighted by Crippen LogP contribution is 2.31. The third-order valence-electron chi connectivity index (χ3n) is 5.18. The molecule has 172 valence electrons. The van der Waals surface area contributed by atoms with Crippen molar-refractivity contribution >= 4 is 34.1 Å². The van der Waals surface area contributed by atoms with Crippen LogP contribution in [-0.4, -0.2) is 10.8 Å². The molecule has 0 aliphatic rings. The first-order valence-electron chi connectivity index (χ1n) is 10.5. The van der Waals surface area contributed by atoms with Gasteiger partial charge in [-0.25, -0.2) is 4.39 Å². The third-order valence-corrected chi connectivity index (χ3v) is 5.18. The lowest BCUT2D eigenvalue weighted by Crippen LogP contribution is -2.13. The van der Waals surface area contributed by atoms with E-state index in [0.717, 1.165) is 10.8 Å². The van der Waals surface area contributed by atoms with E-state index in [4.69, 9.17) is 4.74 Å². The molecule has 4 aromatic carbocycles. The number of non-ortho nitro benzene ring substituents is 1. The highest BCUT2D eigenvalue weighted by molar-refractivity contribution is 6.11. The molecule has 35 heavy (non-hydrogen) atoms. The van der Waals surface area contributed by atoms with Crippen LogP contribution in [0.25, 0.3) is 16.8 Å². The number of nitro groups is 1. The fourth-order valence-electron chi connectivity index (χ4n) is 3.53. The molecule has 0 saturated carbocycles. The second-order valence-electron chi connectivity index (χ2n) is 7.55. The Balaban J connectivity index is 1.69. The van der Waals surface area contributed by atoms with Crippen LogP contribution in [0, 0.1) is 27.3 Å². The lowest BCUT2D eigenvalue weighted by atomic mass is 10.0. The van der Waals surface area contributed by atoms with E-state index < -0.39 is 10.8 Å². The number of carbonyl (C=O) groups excluding carboxylic acids is 1. The summed E-state index contributed by atoms with van der Waals surface area (Å²) in [6.45, 7) is 0.0820. The minimum absolute atomic E-state index is 0.0820. The van der Waals surface area contributed by atoms with E-state index in [2.05, 4.69) is 5.32 Å². The van der Waals surface area contributed by atoms with Gasteiger partial charge >= 0.3 is 0 Å². The lowest BCUT2D eigenvalue weighted by molar-refractivity contribution is -0.384. The number of ether oxygens (including phenoxy) is 1. The van der Waals surface area contributed by atoms with Crippen LogP contribution in [-0.2, 0) is 11.4 Å². The van der Waals surface area contributed by atoms with Gasteiger partial charge in [-0.2, -0.15) is 5.26 Å². The molecule has 0 atom stereocenters. The van der Waals surface area contributed by atoms with E-state index in [9.17, 15) is 24.6 Å². The molecule has 0 radical (unpaired) electrons. The molecule has 8 heteroatoms. The number of carbonyl (C=O) groups is 1. The van der Waals surface area contributed by atoms with Crippen molar-refractivity contribution in [3.8, 4) is 11.8 Å². The molecule has 1 N–H and O–H groups in total. The molecule has 4 aromatic rings. The van der Waals surface area contributed by atoms with Crippen molar-refractivity contribution in [3.63, 3.8) is 0 Å². The second-order valence-corrected chi connectivity index (χ2v) is 7.55. The minimum atomic E-state index is -0.725. The van der Waals surface area contributed by atoms with Crippen LogP contribution in [0.4, 0.5) is 15.8 Å². The number of nitrogens with zero attached hydrogens (tertiary/aromatic N) is 2. The van der Waals surface area contributed by atoms with Crippen LogP contribution in [0.2, 0.25) is 0 Å². The van der Waals surface area contributed by atoms with E-state index in [1.165, 1.54) is 42.5 Å². The summed E-state index contributed by atoms with van der Waals surface area (Å²) >= 11 is 0. The highest BCUT2D eigenvalue weighted by Gasteiger charge is 2.15. The van der Waals surface area contributed by atoms with Crippen LogP contribution >= 0.6 is 0 Å². The number of nitriles is 1. The van der Waals surface area contributed by atoms with Crippen molar-refractivity contribution < 1.29 is 18.8 Å². The van der Waals surface area contributed by atoms with E-state index >= 15 is 0 Å². The van der Waals surface area contributed by atoms with Gasteiger partial charge in [0.2, 0.25) is 0 Å². The summed E-state index contributed by atoms with van der Waals surface area (Å²) in [5, 5.41) is 24.9. The Kier molecular flexibility index (Phi) is 6.79. The summed E-state index contributed by atoms with van der Waals surface area (Å²) in [5.74, 6) is -0.699. The van der Waals surface area contributed by atoms with Gasteiger partial charge in [-0.05, 0) is 46.7 Å². The zero-order valence-electron chi connectivity index (χ0n) is 18.3. The predicted octanol–water partition coefficient (Wildman–Crippen LogP) is 6.01. The number of amides is 1. The smallest absolute Gasteiger partial charge is 0.271 e. The number of hydrogen-bond donors (Lipinski definition) is 1. The molecule has 1 amide bonds. The predicted molar refractivity (Wildman–Crippen MR) is 130 cm³/mol. The van der Waals surface area contributed by atoms with Gasteiger partial charge in [0.25, 0.3) is 11.6 Å². The molecule has 0 heterocycles. The molecular formula is C27H18FN3O4. The molecule has 0 aliphatic carbocycles. The van der Waals surface area contributed by atoms with E-state index in [1.807, 2.05) is 36.4 Å². The number of anilines is 1. The normalized spacial score (nSPS) is 11.0. The van der Waals surface area contributed by atoms with E-state index in [-0.39, 0.29) is 29.4 Å². The first-order chi connectivity index (χ1) is 16.9. The summed E-state index contributed by atoms with van der Waals surface area (Å²) in [4.78, 5) is 23.3. The van der Waals surface area contributed by atoms with Gasteiger partial charge in [-0.15, -0.1) is 0 Å².